The molecule has 8 heteroatoms. The van der Waals surface area contributed by atoms with Crippen LogP contribution in [0.5, 0.6) is 0 Å². The van der Waals surface area contributed by atoms with E-state index in [1.165, 1.54) is 18.5 Å². The molecule has 1 atom stereocenters. The molecule has 0 spiro atoms. The number of hydrogen-bond donors (Lipinski definition) is 3. The summed E-state index contributed by atoms with van der Waals surface area (Å²) in [5.41, 5.74) is 3.41. The molecule has 3 N–H and O–H groups in total. The number of aromatic nitrogens is 2. The lowest BCUT2D eigenvalue weighted by atomic mass is 9.99. The molecule has 0 amide bonds. The Labute approximate surface area is 220 Å². The smallest absolute Gasteiger partial charge is 0.164 e. The molecule has 1 heterocycles. The van der Waals surface area contributed by atoms with Crippen LogP contribution in [-0.2, 0) is 9.53 Å². The first-order valence-electron chi connectivity index (χ1n) is 13.1. The van der Waals surface area contributed by atoms with Crippen LogP contribution in [0, 0.1) is 12.3 Å². The predicted molar refractivity (Wildman–Crippen MR) is 149 cm³/mol. The number of allylic oxidation sites excluding steroid dienone is 3. The van der Waals surface area contributed by atoms with Gasteiger partial charge in [0.25, 0.3) is 0 Å². The standard InChI is InChI=1S/C29H42FN5O2/c1-7-13-32-14-12-20(4)8-10-24(31)17-27(36)21(5)15-25-22(6)33-18-34-29(25)35-26-11-9-23(30)16-28(26)37-19(2)3/h9,15-16,18-19,26,31-32H,4,7-8,10-14,17H2,1-3,5-6H3,(H,33,34,35)/b21-15+,31-24?. The number of nitrogens with one attached hydrogen (secondary N) is 3. The second-order valence-electron chi connectivity index (χ2n) is 9.74. The lowest BCUT2D eigenvalue weighted by molar-refractivity contribution is -0.114. The summed E-state index contributed by atoms with van der Waals surface area (Å²) in [6.45, 7) is 15.5. The van der Waals surface area contributed by atoms with Crippen LogP contribution >= 0.6 is 0 Å². The Morgan fingerprint density at radius 2 is 2.05 bits per heavy atom. The molecule has 0 saturated carbocycles. The molecule has 0 radical (unpaired) electrons. The van der Waals surface area contributed by atoms with E-state index in [9.17, 15) is 9.18 Å². The number of carbonyl (C=O) groups is 1. The summed E-state index contributed by atoms with van der Waals surface area (Å²) in [5.74, 6) is 0.612. The number of ether oxygens (including phenoxy) is 1. The Morgan fingerprint density at radius 1 is 1.30 bits per heavy atom. The zero-order valence-corrected chi connectivity index (χ0v) is 22.9. The molecule has 0 fully saturated rings. The van der Waals surface area contributed by atoms with Crippen LogP contribution in [0.3, 0.4) is 0 Å². The first-order chi connectivity index (χ1) is 17.6. The van der Waals surface area contributed by atoms with Crippen LogP contribution in [0.1, 0.15) is 77.5 Å². The quantitative estimate of drug-likeness (QED) is 0.105. The zero-order chi connectivity index (χ0) is 27.4. The van der Waals surface area contributed by atoms with Crippen molar-refractivity contribution in [3.8, 4) is 0 Å². The normalized spacial score (nSPS) is 15.8. The molecule has 37 heavy (non-hydrogen) atoms. The minimum Gasteiger partial charge on any atom is -0.493 e. The van der Waals surface area contributed by atoms with E-state index in [0.717, 1.165) is 31.5 Å². The number of rotatable bonds is 16. The lowest BCUT2D eigenvalue weighted by Crippen LogP contribution is -2.27. The van der Waals surface area contributed by atoms with Gasteiger partial charge in [-0.3, -0.25) is 4.79 Å². The molecular weight excluding hydrogens is 469 g/mol. The predicted octanol–water partition coefficient (Wildman–Crippen LogP) is 6.24. The van der Waals surface area contributed by atoms with E-state index in [-0.39, 0.29) is 30.2 Å². The van der Waals surface area contributed by atoms with Gasteiger partial charge in [-0.15, -0.1) is 0 Å². The maximum Gasteiger partial charge on any atom is 0.164 e. The highest BCUT2D eigenvalue weighted by Crippen LogP contribution is 2.27. The molecule has 0 bridgehead atoms. The summed E-state index contributed by atoms with van der Waals surface area (Å²) in [4.78, 5) is 21.6. The first kappa shape index (κ1) is 30.1. The van der Waals surface area contributed by atoms with Gasteiger partial charge in [0.15, 0.2) is 5.78 Å². The van der Waals surface area contributed by atoms with E-state index in [4.69, 9.17) is 10.1 Å². The van der Waals surface area contributed by atoms with E-state index in [1.54, 1.807) is 13.0 Å². The van der Waals surface area contributed by atoms with Gasteiger partial charge in [0, 0.05) is 23.8 Å². The third-order valence-electron chi connectivity index (χ3n) is 5.98. The summed E-state index contributed by atoms with van der Waals surface area (Å²) in [6.07, 6.45) is 9.72. The molecule has 202 valence electrons. The molecule has 0 aromatic carbocycles. The van der Waals surface area contributed by atoms with Crippen LogP contribution in [0.25, 0.3) is 6.08 Å². The Balaban J connectivity index is 2.04. The minimum atomic E-state index is -0.326. The summed E-state index contributed by atoms with van der Waals surface area (Å²) in [6, 6.07) is -0.294. The minimum absolute atomic E-state index is 0.0704. The number of hydrogen-bond acceptors (Lipinski definition) is 7. The Morgan fingerprint density at radius 3 is 2.76 bits per heavy atom. The Bertz CT molecular complexity index is 1060. The maximum absolute atomic E-state index is 13.9. The van der Waals surface area contributed by atoms with Crippen LogP contribution in [0.4, 0.5) is 10.2 Å². The summed E-state index contributed by atoms with van der Waals surface area (Å²) in [5, 5.41) is 15.0. The van der Waals surface area contributed by atoms with Crippen molar-refractivity contribution in [3.05, 3.63) is 59.0 Å². The molecule has 2 rings (SSSR count). The fourth-order valence-corrected chi connectivity index (χ4v) is 3.84. The number of carbonyl (C=O) groups excluding carboxylic acids is 1. The number of halogens is 1. The van der Waals surface area contributed by atoms with Gasteiger partial charge in [-0.05, 0) is 90.6 Å². The molecular formula is C29H42FN5O2. The fourth-order valence-electron chi connectivity index (χ4n) is 3.84. The largest absolute Gasteiger partial charge is 0.493 e. The van der Waals surface area contributed by atoms with Crippen molar-refractivity contribution in [2.24, 2.45) is 0 Å². The second kappa shape index (κ2) is 15.2. The van der Waals surface area contributed by atoms with Gasteiger partial charge >= 0.3 is 0 Å². The first-order valence-corrected chi connectivity index (χ1v) is 13.1. The van der Waals surface area contributed by atoms with Crippen molar-refractivity contribution in [3.63, 3.8) is 0 Å². The lowest BCUT2D eigenvalue weighted by Gasteiger charge is -2.26. The topological polar surface area (TPSA) is 100.0 Å². The number of aryl methyl sites for hydroxylation is 1. The molecule has 0 saturated heterocycles. The van der Waals surface area contributed by atoms with Gasteiger partial charge in [0.1, 0.15) is 23.7 Å². The van der Waals surface area contributed by atoms with Gasteiger partial charge in [-0.25, -0.2) is 14.4 Å². The van der Waals surface area contributed by atoms with Gasteiger partial charge in [-0.2, -0.15) is 0 Å². The number of Topliss-reactive ketones (excluding diaryl/α,β-unsaturated/α-hetero) is 1. The second-order valence-corrected chi connectivity index (χ2v) is 9.74. The van der Waals surface area contributed by atoms with Crippen molar-refractivity contribution >= 4 is 23.4 Å². The summed E-state index contributed by atoms with van der Waals surface area (Å²) < 4.78 is 19.7. The fraction of sp³-hybridized carbons (Fsp3) is 0.517. The van der Waals surface area contributed by atoms with Crippen molar-refractivity contribution in [2.75, 3.05) is 18.4 Å². The highest BCUT2D eigenvalue weighted by Gasteiger charge is 2.23. The van der Waals surface area contributed by atoms with Gasteiger partial charge in [0.2, 0.25) is 0 Å². The van der Waals surface area contributed by atoms with Gasteiger partial charge in [-0.1, -0.05) is 19.1 Å². The molecule has 0 aliphatic heterocycles. The SMILES string of the molecule is C=C(CCNCCC)CCC(=N)CC(=O)/C(C)=C/c1c(C)ncnc1NC1CC=C(F)C=C1OC(C)C. The van der Waals surface area contributed by atoms with Gasteiger partial charge in [0.05, 0.1) is 17.8 Å². The molecule has 1 aromatic heterocycles. The highest BCUT2D eigenvalue weighted by atomic mass is 19.1. The zero-order valence-electron chi connectivity index (χ0n) is 22.9. The average molecular weight is 512 g/mol. The van der Waals surface area contributed by atoms with Crippen LogP contribution < -0.4 is 10.6 Å². The Kier molecular flexibility index (Phi) is 12.4. The summed E-state index contributed by atoms with van der Waals surface area (Å²) in [7, 11) is 0. The van der Waals surface area contributed by atoms with Crippen LogP contribution in [0.15, 0.2) is 47.8 Å². The van der Waals surface area contributed by atoms with Gasteiger partial charge < -0.3 is 20.8 Å². The molecule has 1 aromatic rings. The van der Waals surface area contributed by atoms with Crippen molar-refractivity contribution in [2.45, 2.75) is 85.3 Å². The van der Waals surface area contributed by atoms with E-state index >= 15 is 0 Å². The number of ketones is 1. The monoisotopic (exact) mass is 511 g/mol. The van der Waals surface area contributed by atoms with E-state index in [1.807, 2.05) is 20.8 Å². The van der Waals surface area contributed by atoms with Crippen molar-refractivity contribution in [1.29, 1.82) is 5.41 Å². The summed E-state index contributed by atoms with van der Waals surface area (Å²) >= 11 is 0. The average Bonchev–Trinajstić information content (AvgIpc) is 2.83. The molecule has 1 unspecified atom stereocenters. The van der Waals surface area contributed by atoms with Crippen molar-refractivity contribution < 1.29 is 13.9 Å². The maximum atomic E-state index is 13.9. The third kappa shape index (κ3) is 10.4. The Hall–Kier alpha value is -3.13. The van der Waals surface area contributed by atoms with E-state index in [2.05, 4.69) is 34.1 Å². The molecule has 1 aliphatic rings. The molecule has 1 aliphatic carbocycles. The number of anilines is 1. The van der Waals surface area contributed by atoms with E-state index in [0.29, 0.717) is 53.4 Å². The molecule has 7 nitrogen and oxygen atoms in total. The number of nitrogens with zero attached hydrogens (tertiary/aromatic N) is 2. The highest BCUT2D eigenvalue weighted by molar-refractivity contribution is 6.10. The van der Waals surface area contributed by atoms with E-state index < -0.39 is 0 Å². The van der Waals surface area contributed by atoms with Crippen molar-refractivity contribution in [1.82, 2.24) is 15.3 Å². The van der Waals surface area contributed by atoms with Crippen LogP contribution in [-0.4, -0.2) is 46.7 Å². The third-order valence-corrected chi connectivity index (χ3v) is 5.98. The van der Waals surface area contributed by atoms with Crippen LogP contribution in [0.2, 0.25) is 0 Å².